The first-order valence-corrected chi connectivity index (χ1v) is 11.6. The standard InChI is InChI=1S/C24H17Cl2N7O5/c25-18-9-15(31-32-20(11-27)23(35)38-24(28)36)10-19(26)21(18)37-16-3-4-17-13(8-16)5-7-33(22(17)34)12-14-2-1-6-29-30-14/h1-4,6,8-10,31H,5,7,12H2,(H2,28,36). The van der Waals surface area contributed by atoms with Crippen molar-refractivity contribution in [1.29, 1.82) is 5.26 Å². The fraction of sp³-hybridized carbons (Fsp3) is 0.125. The molecule has 0 saturated carbocycles. The van der Waals surface area contributed by atoms with Gasteiger partial charge in [0, 0.05) is 18.3 Å². The van der Waals surface area contributed by atoms with Crippen molar-refractivity contribution in [3.05, 3.63) is 75.5 Å². The third-order valence-electron chi connectivity index (χ3n) is 5.23. The molecular formula is C24H17Cl2N7O5. The SMILES string of the molecule is N#CC(=NNc1cc(Cl)c(Oc2ccc3c(c2)CCN(Cc2cccnn2)C3=O)c(Cl)c1)C(=O)OC(N)=O. The van der Waals surface area contributed by atoms with Crippen molar-refractivity contribution in [3.8, 4) is 17.6 Å². The van der Waals surface area contributed by atoms with Crippen molar-refractivity contribution in [2.24, 2.45) is 10.8 Å². The van der Waals surface area contributed by atoms with Gasteiger partial charge in [0.2, 0.25) is 5.71 Å². The summed E-state index contributed by atoms with van der Waals surface area (Å²) in [7, 11) is 0. The molecule has 1 aliphatic rings. The summed E-state index contributed by atoms with van der Waals surface area (Å²) < 4.78 is 10.0. The van der Waals surface area contributed by atoms with Crippen molar-refractivity contribution in [2.45, 2.75) is 13.0 Å². The number of nitrogens with one attached hydrogen (secondary N) is 1. The summed E-state index contributed by atoms with van der Waals surface area (Å²) >= 11 is 12.7. The number of carbonyl (C=O) groups is 3. The number of hydrazone groups is 1. The molecule has 2 aromatic carbocycles. The summed E-state index contributed by atoms with van der Waals surface area (Å²) in [5.74, 6) is -0.885. The van der Waals surface area contributed by atoms with Gasteiger partial charge in [-0.2, -0.15) is 20.6 Å². The minimum Gasteiger partial charge on any atom is -0.454 e. The van der Waals surface area contributed by atoms with E-state index in [1.54, 1.807) is 35.4 Å². The Balaban J connectivity index is 1.47. The van der Waals surface area contributed by atoms with E-state index >= 15 is 0 Å². The van der Waals surface area contributed by atoms with Crippen LogP contribution in [0.25, 0.3) is 0 Å². The molecule has 1 aromatic heterocycles. The van der Waals surface area contributed by atoms with Crippen LogP contribution in [-0.2, 0) is 22.5 Å². The number of fused-ring (bicyclic) bond motifs is 1. The van der Waals surface area contributed by atoms with Crippen LogP contribution in [0.1, 0.15) is 21.6 Å². The number of hydrogen-bond donors (Lipinski definition) is 2. The van der Waals surface area contributed by atoms with Gasteiger partial charge in [-0.25, -0.2) is 9.59 Å². The van der Waals surface area contributed by atoms with Gasteiger partial charge in [-0.3, -0.25) is 10.2 Å². The summed E-state index contributed by atoms with van der Waals surface area (Å²) in [5.41, 5.74) is 8.72. The molecule has 2 amide bonds. The van der Waals surface area contributed by atoms with Crippen LogP contribution in [0, 0.1) is 11.3 Å². The molecule has 0 fully saturated rings. The van der Waals surface area contributed by atoms with Crippen LogP contribution >= 0.6 is 23.2 Å². The maximum atomic E-state index is 13.0. The highest BCUT2D eigenvalue weighted by Gasteiger charge is 2.25. The lowest BCUT2D eigenvalue weighted by Crippen LogP contribution is -2.37. The number of aromatic nitrogens is 2. The van der Waals surface area contributed by atoms with E-state index in [2.05, 4.69) is 25.5 Å². The van der Waals surface area contributed by atoms with Gasteiger partial charge in [0.15, 0.2) is 5.75 Å². The molecule has 2 heterocycles. The Morgan fingerprint density at radius 3 is 2.63 bits per heavy atom. The van der Waals surface area contributed by atoms with Gasteiger partial charge in [-0.05, 0) is 54.4 Å². The molecule has 38 heavy (non-hydrogen) atoms. The fourth-order valence-corrected chi connectivity index (χ4v) is 4.12. The number of rotatable bonds is 7. The number of hydrogen-bond acceptors (Lipinski definition) is 10. The highest BCUT2D eigenvalue weighted by molar-refractivity contribution is 6.44. The average Bonchev–Trinajstić information content (AvgIpc) is 2.88. The van der Waals surface area contributed by atoms with E-state index in [0.29, 0.717) is 36.5 Å². The quantitative estimate of drug-likeness (QED) is 0.191. The first kappa shape index (κ1) is 26.3. The lowest BCUT2D eigenvalue weighted by atomic mass is 9.98. The summed E-state index contributed by atoms with van der Waals surface area (Å²) in [6, 6.07) is 12.9. The number of nitriles is 1. The number of primary amides is 1. The predicted octanol–water partition coefficient (Wildman–Crippen LogP) is 3.69. The van der Waals surface area contributed by atoms with E-state index in [-0.39, 0.29) is 27.4 Å². The van der Waals surface area contributed by atoms with Crippen molar-refractivity contribution in [1.82, 2.24) is 15.1 Å². The number of nitrogens with zero attached hydrogens (tertiary/aromatic N) is 5. The number of benzene rings is 2. The van der Waals surface area contributed by atoms with Crippen LogP contribution in [0.3, 0.4) is 0 Å². The molecule has 192 valence electrons. The first-order valence-electron chi connectivity index (χ1n) is 10.9. The highest BCUT2D eigenvalue weighted by atomic mass is 35.5. The van der Waals surface area contributed by atoms with Crippen molar-refractivity contribution >= 4 is 52.6 Å². The first-order chi connectivity index (χ1) is 18.2. The topological polar surface area (TPSA) is 173 Å². The minimum atomic E-state index is -1.38. The number of carbonyl (C=O) groups excluding carboxylic acids is 3. The van der Waals surface area contributed by atoms with Gasteiger partial charge in [0.05, 0.1) is 28.0 Å². The van der Waals surface area contributed by atoms with Crippen LogP contribution < -0.4 is 15.9 Å². The van der Waals surface area contributed by atoms with Crippen LogP contribution in [0.2, 0.25) is 10.0 Å². The average molecular weight is 554 g/mol. The fourth-order valence-electron chi connectivity index (χ4n) is 3.56. The van der Waals surface area contributed by atoms with Crippen LogP contribution in [0.15, 0.2) is 53.8 Å². The van der Waals surface area contributed by atoms with E-state index in [1.807, 2.05) is 6.07 Å². The van der Waals surface area contributed by atoms with Crippen LogP contribution in [-0.4, -0.2) is 45.3 Å². The van der Waals surface area contributed by atoms with Crippen LogP contribution in [0.5, 0.6) is 11.5 Å². The number of amides is 2. The third-order valence-corrected chi connectivity index (χ3v) is 5.79. The molecule has 0 atom stereocenters. The Bertz CT molecular complexity index is 1470. The molecule has 1 aliphatic heterocycles. The highest BCUT2D eigenvalue weighted by Crippen LogP contribution is 2.39. The van der Waals surface area contributed by atoms with Gasteiger partial charge in [-0.15, -0.1) is 0 Å². The summed E-state index contributed by atoms with van der Waals surface area (Å²) in [5, 5.41) is 20.7. The second-order valence-electron chi connectivity index (χ2n) is 7.77. The molecule has 12 nitrogen and oxygen atoms in total. The maximum absolute atomic E-state index is 13.0. The molecule has 14 heteroatoms. The number of ether oxygens (including phenoxy) is 2. The Kier molecular flexibility index (Phi) is 8.00. The number of esters is 1. The van der Waals surface area contributed by atoms with E-state index < -0.39 is 17.8 Å². The van der Waals surface area contributed by atoms with E-state index in [1.165, 1.54) is 18.2 Å². The Hall–Kier alpha value is -4.73. The normalized spacial score (nSPS) is 12.8. The monoisotopic (exact) mass is 553 g/mol. The predicted molar refractivity (Wildman–Crippen MR) is 136 cm³/mol. The van der Waals surface area contributed by atoms with Crippen molar-refractivity contribution < 1.29 is 23.9 Å². The number of halogens is 2. The second kappa shape index (κ2) is 11.5. The zero-order valence-electron chi connectivity index (χ0n) is 19.4. The van der Waals surface area contributed by atoms with E-state index in [0.717, 1.165) is 5.56 Å². The molecule has 3 aromatic rings. The number of anilines is 1. The summed E-state index contributed by atoms with van der Waals surface area (Å²) in [6.45, 7) is 0.869. The largest absolute Gasteiger partial charge is 0.454 e. The summed E-state index contributed by atoms with van der Waals surface area (Å²) in [6.07, 6.45) is 0.808. The van der Waals surface area contributed by atoms with E-state index in [4.69, 9.17) is 38.9 Å². The second-order valence-corrected chi connectivity index (χ2v) is 8.59. The lowest BCUT2D eigenvalue weighted by molar-refractivity contribution is -0.129. The van der Waals surface area contributed by atoms with Gasteiger partial charge >= 0.3 is 12.1 Å². The van der Waals surface area contributed by atoms with Crippen LogP contribution in [0.4, 0.5) is 10.5 Å². The Labute approximate surface area is 225 Å². The van der Waals surface area contributed by atoms with Gasteiger partial charge < -0.3 is 20.1 Å². The molecule has 0 saturated heterocycles. The molecule has 0 bridgehead atoms. The zero-order valence-corrected chi connectivity index (χ0v) is 20.9. The van der Waals surface area contributed by atoms with Crippen molar-refractivity contribution in [3.63, 3.8) is 0 Å². The van der Waals surface area contributed by atoms with Gasteiger partial charge in [0.1, 0.15) is 11.8 Å². The molecule has 0 aliphatic carbocycles. The lowest BCUT2D eigenvalue weighted by Gasteiger charge is -2.28. The third kappa shape index (κ3) is 6.15. The molecule has 0 radical (unpaired) electrons. The summed E-state index contributed by atoms with van der Waals surface area (Å²) in [4.78, 5) is 37.0. The van der Waals surface area contributed by atoms with Crippen molar-refractivity contribution in [2.75, 3.05) is 12.0 Å². The molecule has 0 unspecified atom stereocenters. The van der Waals surface area contributed by atoms with Gasteiger partial charge in [0.25, 0.3) is 5.91 Å². The molecule has 4 rings (SSSR count). The Morgan fingerprint density at radius 2 is 1.97 bits per heavy atom. The van der Waals surface area contributed by atoms with E-state index in [9.17, 15) is 14.4 Å². The zero-order chi connectivity index (χ0) is 27.2. The van der Waals surface area contributed by atoms with Gasteiger partial charge in [-0.1, -0.05) is 23.2 Å². The smallest absolute Gasteiger partial charge is 0.412 e. The number of nitrogens with two attached hydrogens (primary N) is 1. The molecular weight excluding hydrogens is 537 g/mol. The maximum Gasteiger partial charge on any atom is 0.412 e. The molecule has 0 spiro atoms. The minimum absolute atomic E-state index is 0.0948. The molecule has 3 N–H and O–H groups in total. The Morgan fingerprint density at radius 1 is 1.21 bits per heavy atom.